The van der Waals surface area contributed by atoms with E-state index in [-0.39, 0.29) is 11.9 Å². The van der Waals surface area contributed by atoms with Gasteiger partial charge in [-0.05, 0) is 27.2 Å². The van der Waals surface area contributed by atoms with E-state index in [4.69, 9.17) is 5.73 Å². The molecule has 2 aromatic rings. The van der Waals surface area contributed by atoms with Gasteiger partial charge in [0.2, 0.25) is 5.91 Å². The first kappa shape index (κ1) is 15.9. The SMILES string of the molecule is Cc1nc([C@@H](C)N(C)C(=O)CCc2csc(N)n2)c(C)s1. The van der Waals surface area contributed by atoms with Gasteiger partial charge < -0.3 is 10.6 Å². The molecule has 0 aliphatic heterocycles. The van der Waals surface area contributed by atoms with Crippen molar-refractivity contribution >= 4 is 33.7 Å². The van der Waals surface area contributed by atoms with Gasteiger partial charge in [-0.1, -0.05) is 0 Å². The van der Waals surface area contributed by atoms with Crippen molar-refractivity contribution in [1.82, 2.24) is 14.9 Å². The molecule has 2 aromatic heterocycles. The molecule has 5 nitrogen and oxygen atoms in total. The van der Waals surface area contributed by atoms with Crippen molar-refractivity contribution in [3.8, 4) is 0 Å². The first-order chi connectivity index (χ1) is 9.88. The third-order valence-corrected chi connectivity index (χ3v) is 5.10. The molecule has 7 heteroatoms. The van der Waals surface area contributed by atoms with Crippen molar-refractivity contribution in [1.29, 1.82) is 0 Å². The Morgan fingerprint density at radius 1 is 1.43 bits per heavy atom. The van der Waals surface area contributed by atoms with Crippen LogP contribution in [-0.2, 0) is 11.2 Å². The minimum atomic E-state index is -0.0112. The van der Waals surface area contributed by atoms with E-state index in [0.29, 0.717) is 18.0 Å². The van der Waals surface area contributed by atoms with Crippen LogP contribution >= 0.6 is 22.7 Å². The number of thiazole rings is 2. The van der Waals surface area contributed by atoms with Crippen LogP contribution in [-0.4, -0.2) is 27.8 Å². The summed E-state index contributed by atoms with van der Waals surface area (Å²) in [5.41, 5.74) is 7.47. The Bertz CT molecular complexity index is 635. The first-order valence-corrected chi connectivity index (χ1v) is 8.47. The molecule has 0 spiro atoms. The van der Waals surface area contributed by atoms with Crippen LogP contribution < -0.4 is 5.73 Å². The van der Waals surface area contributed by atoms with Gasteiger partial charge in [0.25, 0.3) is 0 Å². The average Bonchev–Trinajstić information content (AvgIpc) is 3.00. The first-order valence-electron chi connectivity index (χ1n) is 6.78. The van der Waals surface area contributed by atoms with E-state index < -0.39 is 0 Å². The number of hydrogen-bond donors (Lipinski definition) is 1. The molecule has 0 saturated heterocycles. The van der Waals surface area contributed by atoms with Gasteiger partial charge in [-0.15, -0.1) is 22.7 Å². The van der Waals surface area contributed by atoms with E-state index in [1.165, 1.54) is 16.2 Å². The van der Waals surface area contributed by atoms with E-state index in [1.807, 2.05) is 33.2 Å². The highest BCUT2D eigenvalue weighted by atomic mass is 32.1. The lowest BCUT2D eigenvalue weighted by Gasteiger charge is -2.24. The number of amides is 1. The Hall–Kier alpha value is -1.47. The van der Waals surface area contributed by atoms with Crippen molar-refractivity contribution in [3.63, 3.8) is 0 Å². The molecule has 0 aromatic carbocycles. The summed E-state index contributed by atoms with van der Waals surface area (Å²) in [6.45, 7) is 6.05. The van der Waals surface area contributed by atoms with Gasteiger partial charge in [-0.25, -0.2) is 9.97 Å². The highest BCUT2D eigenvalue weighted by Crippen LogP contribution is 2.26. The molecule has 0 bridgehead atoms. The Balaban J connectivity index is 1.96. The lowest BCUT2D eigenvalue weighted by atomic mass is 10.1. The fourth-order valence-electron chi connectivity index (χ4n) is 2.18. The second kappa shape index (κ2) is 6.53. The van der Waals surface area contributed by atoms with Crippen LogP contribution in [0.1, 0.15) is 40.7 Å². The zero-order chi connectivity index (χ0) is 15.6. The third-order valence-electron chi connectivity index (χ3n) is 3.47. The van der Waals surface area contributed by atoms with Crippen molar-refractivity contribution in [2.75, 3.05) is 12.8 Å². The molecular formula is C14H20N4OS2. The largest absolute Gasteiger partial charge is 0.375 e. The summed E-state index contributed by atoms with van der Waals surface area (Å²) >= 11 is 3.07. The molecule has 0 radical (unpaired) electrons. The summed E-state index contributed by atoms with van der Waals surface area (Å²) in [5.74, 6) is 0.0964. The number of nitrogen functional groups attached to an aromatic ring is 1. The zero-order valence-corrected chi connectivity index (χ0v) is 14.3. The summed E-state index contributed by atoms with van der Waals surface area (Å²) < 4.78 is 0. The second-order valence-electron chi connectivity index (χ2n) is 5.03. The number of aryl methyl sites for hydroxylation is 3. The quantitative estimate of drug-likeness (QED) is 0.918. The Kier molecular flexibility index (Phi) is 4.95. The molecule has 0 fully saturated rings. The van der Waals surface area contributed by atoms with E-state index in [1.54, 1.807) is 16.2 Å². The fraction of sp³-hybridized carbons (Fsp3) is 0.500. The van der Waals surface area contributed by atoms with Crippen molar-refractivity contribution in [2.45, 2.75) is 39.7 Å². The fourth-order valence-corrected chi connectivity index (χ4v) is 3.69. The van der Waals surface area contributed by atoms with Crippen LogP contribution in [0.2, 0.25) is 0 Å². The molecule has 1 atom stereocenters. The minimum absolute atomic E-state index is 0.0112. The molecule has 0 aliphatic carbocycles. The highest BCUT2D eigenvalue weighted by Gasteiger charge is 2.21. The number of nitrogens with zero attached hydrogens (tertiary/aromatic N) is 3. The van der Waals surface area contributed by atoms with Crippen molar-refractivity contribution in [3.05, 3.63) is 26.7 Å². The van der Waals surface area contributed by atoms with Gasteiger partial charge in [-0.2, -0.15) is 0 Å². The van der Waals surface area contributed by atoms with E-state index >= 15 is 0 Å². The van der Waals surface area contributed by atoms with Crippen molar-refractivity contribution < 1.29 is 4.79 Å². The van der Waals surface area contributed by atoms with Crippen LogP contribution in [0.25, 0.3) is 0 Å². The minimum Gasteiger partial charge on any atom is -0.375 e. The normalized spacial score (nSPS) is 12.4. The number of aromatic nitrogens is 2. The van der Waals surface area contributed by atoms with Crippen LogP contribution in [0.15, 0.2) is 5.38 Å². The average molecular weight is 324 g/mol. The molecule has 2 rings (SSSR count). The van der Waals surface area contributed by atoms with Gasteiger partial charge in [0.15, 0.2) is 5.13 Å². The van der Waals surface area contributed by atoms with E-state index in [2.05, 4.69) is 9.97 Å². The smallest absolute Gasteiger partial charge is 0.223 e. The molecule has 1 amide bonds. The number of rotatable bonds is 5. The summed E-state index contributed by atoms with van der Waals surface area (Å²) in [5, 5.41) is 3.49. The lowest BCUT2D eigenvalue weighted by molar-refractivity contribution is -0.131. The zero-order valence-electron chi connectivity index (χ0n) is 12.7. The summed E-state index contributed by atoms with van der Waals surface area (Å²) in [6.07, 6.45) is 1.06. The summed E-state index contributed by atoms with van der Waals surface area (Å²) in [4.78, 5) is 23.9. The molecular weight excluding hydrogens is 304 g/mol. The standard InChI is InChI=1S/C14H20N4OS2/c1-8(13-9(2)21-10(3)16-13)18(4)12(19)6-5-11-7-20-14(15)17-11/h7-8H,5-6H2,1-4H3,(H2,15,17)/t8-/m1/s1. The molecule has 0 saturated carbocycles. The number of carbonyl (C=O) groups excluding carboxylic acids is 1. The molecule has 0 aliphatic rings. The number of nitrogens with two attached hydrogens (primary N) is 1. The number of carbonyl (C=O) groups is 1. The monoisotopic (exact) mass is 324 g/mol. The molecule has 2 heterocycles. The van der Waals surface area contributed by atoms with Crippen LogP contribution in [0.4, 0.5) is 5.13 Å². The van der Waals surface area contributed by atoms with Crippen LogP contribution in [0.3, 0.4) is 0 Å². The maximum atomic E-state index is 12.3. The van der Waals surface area contributed by atoms with Gasteiger partial charge in [0.1, 0.15) is 0 Å². The molecule has 114 valence electrons. The van der Waals surface area contributed by atoms with E-state index in [9.17, 15) is 4.79 Å². The lowest BCUT2D eigenvalue weighted by Crippen LogP contribution is -2.30. The van der Waals surface area contributed by atoms with Gasteiger partial charge in [0, 0.05) is 23.7 Å². The Morgan fingerprint density at radius 2 is 2.14 bits per heavy atom. The van der Waals surface area contributed by atoms with Crippen molar-refractivity contribution in [2.24, 2.45) is 0 Å². The highest BCUT2D eigenvalue weighted by molar-refractivity contribution is 7.13. The summed E-state index contributed by atoms with van der Waals surface area (Å²) in [6, 6.07) is -0.0112. The maximum absolute atomic E-state index is 12.3. The van der Waals surface area contributed by atoms with Gasteiger partial charge in [0.05, 0.1) is 22.4 Å². The topological polar surface area (TPSA) is 72.1 Å². The third kappa shape index (κ3) is 3.79. The molecule has 0 unspecified atom stereocenters. The number of hydrogen-bond acceptors (Lipinski definition) is 6. The summed E-state index contributed by atoms with van der Waals surface area (Å²) in [7, 11) is 1.83. The van der Waals surface area contributed by atoms with Gasteiger partial charge >= 0.3 is 0 Å². The van der Waals surface area contributed by atoms with Gasteiger partial charge in [-0.3, -0.25) is 4.79 Å². The predicted molar refractivity (Wildman–Crippen MR) is 87.6 cm³/mol. The van der Waals surface area contributed by atoms with Crippen LogP contribution in [0, 0.1) is 13.8 Å². The van der Waals surface area contributed by atoms with Crippen LogP contribution in [0.5, 0.6) is 0 Å². The number of anilines is 1. The van der Waals surface area contributed by atoms with E-state index in [0.717, 1.165) is 16.4 Å². The Labute approximate surface area is 132 Å². The second-order valence-corrected chi connectivity index (χ2v) is 7.33. The molecule has 2 N–H and O–H groups in total. The molecule has 21 heavy (non-hydrogen) atoms. The maximum Gasteiger partial charge on any atom is 0.223 e. The Morgan fingerprint density at radius 3 is 2.67 bits per heavy atom. The predicted octanol–water partition coefficient (Wildman–Crippen LogP) is 2.95.